The minimum absolute atomic E-state index is 0.382. The van der Waals surface area contributed by atoms with Gasteiger partial charge in [0.2, 0.25) is 0 Å². The molecule has 0 fully saturated rings. The number of benzene rings is 2. The van der Waals surface area contributed by atoms with Crippen molar-refractivity contribution in [2.24, 2.45) is 5.92 Å². The molecule has 1 heterocycles. The summed E-state index contributed by atoms with van der Waals surface area (Å²) in [4.78, 5) is 0. The molecule has 0 aromatic heterocycles. The van der Waals surface area contributed by atoms with Gasteiger partial charge >= 0.3 is 0 Å². The highest BCUT2D eigenvalue weighted by molar-refractivity contribution is 5.61. The molecule has 2 aliphatic rings. The minimum Gasteiger partial charge on any atom is -0.497 e. The Balaban J connectivity index is 1.78. The molecule has 1 aliphatic heterocycles. The van der Waals surface area contributed by atoms with Crippen LogP contribution in [0.3, 0.4) is 0 Å². The maximum Gasteiger partial charge on any atom is 0.119 e. The highest BCUT2D eigenvalue weighted by atomic mass is 16.5. The van der Waals surface area contributed by atoms with Gasteiger partial charge in [-0.15, -0.1) is 0 Å². The van der Waals surface area contributed by atoms with Gasteiger partial charge < -0.3 is 10.1 Å². The third-order valence-electron chi connectivity index (χ3n) is 4.73. The smallest absolute Gasteiger partial charge is 0.119 e. The van der Waals surface area contributed by atoms with Crippen molar-refractivity contribution in [3.63, 3.8) is 0 Å². The molecule has 0 spiro atoms. The van der Waals surface area contributed by atoms with Gasteiger partial charge in [0.1, 0.15) is 5.75 Å². The highest BCUT2D eigenvalue weighted by Gasteiger charge is 2.37. The van der Waals surface area contributed by atoms with Crippen LogP contribution in [0.4, 0.5) is 5.69 Å². The summed E-state index contributed by atoms with van der Waals surface area (Å²) < 4.78 is 5.39. The van der Waals surface area contributed by atoms with E-state index in [0.29, 0.717) is 17.9 Å². The zero-order chi connectivity index (χ0) is 14.2. The Morgan fingerprint density at radius 3 is 2.76 bits per heavy atom. The molecule has 1 aliphatic carbocycles. The van der Waals surface area contributed by atoms with Crippen molar-refractivity contribution in [1.82, 2.24) is 0 Å². The molecule has 3 atom stereocenters. The number of ether oxygens (including phenoxy) is 1. The summed E-state index contributed by atoms with van der Waals surface area (Å²) in [6, 6.07) is 17.5. The minimum atomic E-state index is 0.382. The van der Waals surface area contributed by atoms with Crippen molar-refractivity contribution >= 4 is 5.69 Å². The molecule has 21 heavy (non-hydrogen) atoms. The first-order chi connectivity index (χ1) is 10.4. The second-order valence-electron chi connectivity index (χ2n) is 5.84. The third kappa shape index (κ3) is 2.02. The molecule has 2 aromatic carbocycles. The van der Waals surface area contributed by atoms with Crippen LogP contribution in [0.25, 0.3) is 0 Å². The predicted octanol–water partition coefficient (Wildman–Crippen LogP) is 4.52. The average molecular weight is 277 g/mol. The first kappa shape index (κ1) is 12.5. The summed E-state index contributed by atoms with van der Waals surface area (Å²) in [6.07, 6.45) is 5.81. The number of hydrogen-bond donors (Lipinski definition) is 1. The molecular formula is C19H19NO. The van der Waals surface area contributed by atoms with Crippen LogP contribution in [0.5, 0.6) is 5.75 Å². The molecule has 106 valence electrons. The Bertz CT molecular complexity index is 677. The van der Waals surface area contributed by atoms with E-state index in [0.717, 1.165) is 12.2 Å². The van der Waals surface area contributed by atoms with Crippen LogP contribution < -0.4 is 10.1 Å². The van der Waals surface area contributed by atoms with E-state index in [1.54, 1.807) is 7.11 Å². The number of fused-ring (bicyclic) bond motifs is 3. The Labute approximate surface area is 125 Å². The zero-order valence-electron chi connectivity index (χ0n) is 12.1. The van der Waals surface area contributed by atoms with Gasteiger partial charge in [-0.05, 0) is 41.7 Å². The summed E-state index contributed by atoms with van der Waals surface area (Å²) in [7, 11) is 1.73. The fourth-order valence-corrected chi connectivity index (χ4v) is 3.69. The summed E-state index contributed by atoms with van der Waals surface area (Å²) in [5, 5.41) is 3.74. The number of methoxy groups -OCH3 is 1. The van der Waals surface area contributed by atoms with Gasteiger partial charge in [0.15, 0.2) is 0 Å². The predicted molar refractivity (Wildman–Crippen MR) is 85.8 cm³/mol. The second-order valence-corrected chi connectivity index (χ2v) is 5.84. The molecule has 1 N–H and O–H groups in total. The van der Waals surface area contributed by atoms with E-state index >= 15 is 0 Å². The largest absolute Gasteiger partial charge is 0.497 e. The fraction of sp³-hybridized carbons (Fsp3) is 0.263. The van der Waals surface area contributed by atoms with Crippen LogP contribution in [0.15, 0.2) is 60.7 Å². The topological polar surface area (TPSA) is 21.3 Å². The Kier molecular flexibility index (Phi) is 2.95. The van der Waals surface area contributed by atoms with Gasteiger partial charge in [-0.3, -0.25) is 0 Å². The summed E-state index contributed by atoms with van der Waals surface area (Å²) in [6.45, 7) is 0. The van der Waals surface area contributed by atoms with Crippen molar-refractivity contribution in [2.75, 3.05) is 12.4 Å². The molecular weight excluding hydrogens is 258 g/mol. The molecule has 2 heteroatoms. The summed E-state index contributed by atoms with van der Waals surface area (Å²) >= 11 is 0. The van der Waals surface area contributed by atoms with Crippen LogP contribution in [0, 0.1) is 5.92 Å². The number of anilines is 1. The first-order valence-electron chi connectivity index (χ1n) is 7.53. The quantitative estimate of drug-likeness (QED) is 0.815. The third-order valence-corrected chi connectivity index (χ3v) is 4.73. The lowest BCUT2D eigenvalue weighted by atomic mass is 9.77. The second kappa shape index (κ2) is 4.96. The Morgan fingerprint density at radius 2 is 1.95 bits per heavy atom. The van der Waals surface area contributed by atoms with E-state index in [9.17, 15) is 0 Å². The van der Waals surface area contributed by atoms with E-state index in [1.165, 1.54) is 16.8 Å². The first-order valence-corrected chi connectivity index (χ1v) is 7.53. The molecule has 0 unspecified atom stereocenters. The summed E-state index contributed by atoms with van der Waals surface area (Å²) in [5.41, 5.74) is 3.97. The maximum atomic E-state index is 5.39. The van der Waals surface area contributed by atoms with E-state index in [-0.39, 0.29) is 0 Å². The van der Waals surface area contributed by atoms with Gasteiger partial charge in [-0.1, -0.05) is 42.5 Å². The number of nitrogens with one attached hydrogen (secondary N) is 1. The van der Waals surface area contributed by atoms with Crippen LogP contribution in [0.1, 0.15) is 29.5 Å². The standard InChI is InChI=1S/C19H19NO/c1-21-14-10-11-18-17(12-14)15-8-5-9-16(15)19(20-18)13-6-3-2-4-7-13/h2-8,10-12,15-16,19-20H,9H2,1H3/t15-,16+,19+/m0/s1. The molecule has 0 saturated heterocycles. The molecule has 2 nitrogen and oxygen atoms in total. The van der Waals surface area contributed by atoms with E-state index in [4.69, 9.17) is 4.74 Å². The van der Waals surface area contributed by atoms with E-state index < -0.39 is 0 Å². The van der Waals surface area contributed by atoms with Gasteiger partial charge in [-0.25, -0.2) is 0 Å². The van der Waals surface area contributed by atoms with E-state index in [2.05, 4.69) is 59.9 Å². The lowest BCUT2D eigenvalue weighted by Gasteiger charge is -2.37. The zero-order valence-corrected chi connectivity index (χ0v) is 12.1. The normalized spacial score (nSPS) is 25.9. The van der Waals surface area contributed by atoms with Crippen molar-refractivity contribution in [2.45, 2.75) is 18.4 Å². The van der Waals surface area contributed by atoms with Gasteiger partial charge in [0.05, 0.1) is 13.2 Å². The van der Waals surface area contributed by atoms with Crippen molar-refractivity contribution in [1.29, 1.82) is 0 Å². The fourth-order valence-electron chi connectivity index (χ4n) is 3.69. The van der Waals surface area contributed by atoms with Crippen LogP contribution in [0.2, 0.25) is 0 Å². The van der Waals surface area contributed by atoms with Gasteiger partial charge in [0.25, 0.3) is 0 Å². The molecule has 0 saturated carbocycles. The van der Waals surface area contributed by atoms with Crippen LogP contribution >= 0.6 is 0 Å². The van der Waals surface area contributed by atoms with Crippen LogP contribution in [-0.4, -0.2) is 7.11 Å². The van der Waals surface area contributed by atoms with E-state index in [1.807, 2.05) is 6.07 Å². The lowest BCUT2D eigenvalue weighted by molar-refractivity contribution is 0.405. The monoisotopic (exact) mass is 277 g/mol. The van der Waals surface area contributed by atoms with Crippen molar-refractivity contribution < 1.29 is 4.74 Å². The van der Waals surface area contributed by atoms with Gasteiger partial charge in [-0.2, -0.15) is 0 Å². The van der Waals surface area contributed by atoms with Gasteiger partial charge in [0, 0.05) is 11.6 Å². The maximum absolute atomic E-state index is 5.39. The number of allylic oxidation sites excluding steroid dienone is 2. The number of hydrogen-bond acceptors (Lipinski definition) is 2. The molecule has 2 aromatic rings. The van der Waals surface area contributed by atoms with Crippen LogP contribution in [-0.2, 0) is 0 Å². The van der Waals surface area contributed by atoms with Crippen molar-refractivity contribution in [3.8, 4) is 5.75 Å². The summed E-state index contributed by atoms with van der Waals surface area (Å²) in [5.74, 6) is 2.02. The highest BCUT2D eigenvalue weighted by Crippen LogP contribution is 2.50. The van der Waals surface area contributed by atoms with Crippen molar-refractivity contribution in [3.05, 3.63) is 71.8 Å². The lowest BCUT2D eigenvalue weighted by Crippen LogP contribution is -2.28. The SMILES string of the molecule is COc1ccc2c(c1)[C@H]1C=CC[C@H]1[C@@H](c1ccccc1)N2. The molecule has 4 rings (SSSR count). The molecule has 0 bridgehead atoms. The Hall–Kier alpha value is -2.22. The molecule has 0 amide bonds. The average Bonchev–Trinajstić information content (AvgIpc) is 3.04. The Morgan fingerprint density at radius 1 is 1.10 bits per heavy atom. The number of rotatable bonds is 2. The molecule has 0 radical (unpaired) electrons.